The van der Waals surface area contributed by atoms with Crippen molar-refractivity contribution in [1.29, 1.82) is 0 Å². The van der Waals surface area contributed by atoms with Crippen LogP contribution in [0.25, 0.3) is 10.9 Å². The van der Waals surface area contributed by atoms with Gasteiger partial charge >= 0.3 is 0 Å². The summed E-state index contributed by atoms with van der Waals surface area (Å²) in [6.45, 7) is 6.10. The second-order valence-corrected chi connectivity index (χ2v) is 4.32. The third-order valence-corrected chi connectivity index (χ3v) is 3.04. The van der Waals surface area contributed by atoms with Crippen molar-refractivity contribution in [2.45, 2.75) is 27.2 Å². The molecule has 3 N–H and O–H groups in total. The van der Waals surface area contributed by atoms with Gasteiger partial charge in [-0.25, -0.2) is 0 Å². The van der Waals surface area contributed by atoms with Gasteiger partial charge in [0.2, 0.25) is 5.91 Å². The molecule has 0 fully saturated rings. The SMILES string of the molecule is Cc1[nH]c2c(C)ccc(C)c2c1CC(N)=O. The van der Waals surface area contributed by atoms with Crippen LogP contribution in [0.1, 0.15) is 22.4 Å². The standard InChI is InChI=1S/C13H16N2O/c1-7-4-5-8(2)13-12(7)10(6-11(14)16)9(3)15-13/h4-5,15H,6H2,1-3H3,(H2,14,16). The number of primary amides is 1. The molecule has 0 radical (unpaired) electrons. The lowest BCUT2D eigenvalue weighted by molar-refractivity contribution is -0.117. The molecule has 0 bridgehead atoms. The lowest BCUT2D eigenvalue weighted by Crippen LogP contribution is -2.14. The normalized spacial score (nSPS) is 10.9. The van der Waals surface area contributed by atoms with Crippen molar-refractivity contribution >= 4 is 16.8 Å². The predicted molar refractivity (Wildman–Crippen MR) is 65.4 cm³/mol. The molecule has 0 aliphatic rings. The van der Waals surface area contributed by atoms with Crippen LogP contribution in [-0.2, 0) is 11.2 Å². The molecule has 0 saturated heterocycles. The second kappa shape index (κ2) is 3.67. The van der Waals surface area contributed by atoms with Gasteiger partial charge in [0.05, 0.1) is 6.42 Å². The number of carbonyl (C=O) groups excluding carboxylic acids is 1. The quantitative estimate of drug-likeness (QED) is 0.793. The molecule has 1 amide bonds. The Bertz CT molecular complexity index is 567. The Morgan fingerprint density at radius 2 is 1.88 bits per heavy atom. The number of aromatic nitrogens is 1. The van der Waals surface area contributed by atoms with Crippen molar-refractivity contribution in [3.8, 4) is 0 Å². The van der Waals surface area contributed by atoms with Crippen LogP contribution < -0.4 is 5.73 Å². The smallest absolute Gasteiger partial charge is 0.221 e. The molecule has 0 aliphatic heterocycles. The van der Waals surface area contributed by atoms with Crippen molar-refractivity contribution in [3.05, 3.63) is 34.5 Å². The van der Waals surface area contributed by atoms with E-state index in [0.717, 1.165) is 22.2 Å². The average Bonchev–Trinajstić information content (AvgIpc) is 2.51. The van der Waals surface area contributed by atoms with Crippen LogP contribution in [0.5, 0.6) is 0 Å². The van der Waals surface area contributed by atoms with E-state index in [1.165, 1.54) is 11.1 Å². The highest BCUT2D eigenvalue weighted by atomic mass is 16.1. The summed E-state index contributed by atoms with van der Waals surface area (Å²) >= 11 is 0. The second-order valence-electron chi connectivity index (χ2n) is 4.32. The average molecular weight is 216 g/mol. The summed E-state index contributed by atoms with van der Waals surface area (Å²) < 4.78 is 0. The van der Waals surface area contributed by atoms with Crippen LogP contribution in [0.15, 0.2) is 12.1 Å². The topological polar surface area (TPSA) is 58.9 Å². The van der Waals surface area contributed by atoms with E-state index in [4.69, 9.17) is 5.73 Å². The van der Waals surface area contributed by atoms with E-state index in [0.29, 0.717) is 6.42 Å². The lowest BCUT2D eigenvalue weighted by Gasteiger charge is -2.02. The maximum atomic E-state index is 11.1. The Balaban J connectivity index is 2.77. The van der Waals surface area contributed by atoms with Crippen molar-refractivity contribution < 1.29 is 4.79 Å². The molecule has 0 unspecified atom stereocenters. The minimum atomic E-state index is -0.287. The Labute approximate surface area is 94.6 Å². The van der Waals surface area contributed by atoms with E-state index in [-0.39, 0.29) is 5.91 Å². The molecule has 0 saturated carbocycles. The van der Waals surface area contributed by atoms with Crippen LogP contribution >= 0.6 is 0 Å². The van der Waals surface area contributed by atoms with E-state index < -0.39 is 0 Å². The molecule has 3 heteroatoms. The van der Waals surface area contributed by atoms with E-state index >= 15 is 0 Å². The molecule has 1 aromatic carbocycles. The van der Waals surface area contributed by atoms with Crippen LogP contribution in [0.4, 0.5) is 0 Å². The summed E-state index contributed by atoms with van der Waals surface area (Å²) in [5.74, 6) is -0.287. The third kappa shape index (κ3) is 1.58. The fraction of sp³-hybridized carbons (Fsp3) is 0.308. The van der Waals surface area contributed by atoms with Crippen molar-refractivity contribution in [1.82, 2.24) is 4.98 Å². The number of amides is 1. The van der Waals surface area contributed by atoms with Gasteiger partial charge in [0, 0.05) is 16.6 Å². The molecule has 3 nitrogen and oxygen atoms in total. The fourth-order valence-corrected chi connectivity index (χ4v) is 2.21. The maximum absolute atomic E-state index is 11.1. The van der Waals surface area contributed by atoms with E-state index in [1.54, 1.807) is 0 Å². The zero-order valence-electron chi connectivity index (χ0n) is 9.85. The minimum absolute atomic E-state index is 0.287. The highest BCUT2D eigenvalue weighted by Gasteiger charge is 2.13. The number of aromatic amines is 1. The first kappa shape index (κ1) is 10.7. The Morgan fingerprint density at radius 1 is 1.25 bits per heavy atom. The lowest BCUT2D eigenvalue weighted by atomic mass is 10.0. The number of fused-ring (bicyclic) bond motifs is 1. The predicted octanol–water partition coefficient (Wildman–Crippen LogP) is 2.12. The van der Waals surface area contributed by atoms with E-state index in [9.17, 15) is 4.79 Å². The molecule has 0 spiro atoms. The molecule has 1 heterocycles. The zero-order chi connectivity index (χ0) is 11.9. The number of aryl methyl sites for hydroxylation is 3. The van der Waals surface area contributed by atoms with Gasteiger partial charge in [-0.2, -0.15) is 0 Å². The summed E-state index contributed by atoms with van der Waals surface area (Å²) in [5, 5.41) is 1.15. The first-order valence-electron chi connectivity index (χ1n) is 5.36. The number of nitrogens with two attached hydrogens (primary N) is 1. The first-order chi connectivity index (χ1) is 7.50. The van der Waals surface area contributed by atoms with Crippen molar-refractivity contribution in [2.75, 3.05) is 0 Å². The van der Waals surface area contributed by atoms with E-state index in [1.807, 2.05) is 6.92 Å². The molecule has 84 valence electrons. The molecule has 0 aliphatic carbocycles. The van der Waals surface area contributed by atoms with Crippen LogP contribution in [-0.4, -0.2) is 10.9 Å². The largest absolute Gasteiger partial charge is 0.369 e. The monoisotopic (exact) mass is 216 g/mol. The van der Waals surface area contributed by atoms with Gasteiger partial charge < -0.3 is 10.7 Å². The van der Waals surface area contributed by atoms with Crippen LogP contribution in [0.2, 0.25) is 0 Å². The summed E-state index contributed by atoms with van der Waals surface area (Å²) in [6, 6.07) is 4.16. The highest BCUT2D eigenvalue weighted by Crippen LogP contribution is 2.28. The number of hydrogen-bond acceptors (Lipinski definition) is 1. The summed E-state index contributed by atoms with van der Waals surface area (Å²) in [5.41, 5.74) is 10.8. The molecule has 0 atom stereocenters. The molecular weight excluding hydrogens is 200 g/mol. The minimum Gasteiger partial charge on any atom is -0.369 e. The van der Waals surface area contributed by atoms with Crippen molar-refractivity contribution in [2.24, 2.45) is 5.73 Å². The number of nitrogens with one attached hydrogen (secondary N) is 1. The van der Waals surface area contributed by atoms with Crippen LogP contribution in [0.3, 0.4) is 0 Å². The van der Waals surface area contributed by atoms with Gasteiger partial charge in [0.15, 0.2) is 0 Å². The van der Waals surface area contributed by atoms with E-state index in [2.05, 4.69) is 31.0 Å². The molecule has 2 aromatic rings. The van der Waals surface area contributed by atoms with Gasteiger partial charge in [0.25, 0.3) is 0 Å². The Morgan fingerprint density at radius 3 is 2.50 bits per heavy atom. The zero-order valence-corrected chi connectivity index (χ0v) is 9.85. The highest BCUT2D eigenvalue weighted by molar-refractivity contribution is 5.93. The number of carbonyl (C=O) groups is 1. The molecule has 16 heavy (non-hydrogen) atoms. The summed E-state index contributed by atoms with van der Waals surface area (Å²) in [4.78, 5) is 14.4. The first-order valence-corrected chi connectivity index (χ1v) is 5.36. The molecular formula is C13H16N2O. The summed E-state index contributed by atoms with van der Waals surface area (Å²) in [7, 11) is 0. The van der Waals surface area contributed by atoms with Gasteiger partial charge in [0.1, 0.15) is 0 Å². The number of benzene rings is 1. The Kier molecular flexibility index (Phi) is 2.46. The third-order valence-electron chi connectivity index (χ3n) is 3.04. The maximum Gasteiger partial charge on any atom is 0.221 e. The van der Waals surface area contributed by atoms with Gasteiger partial charge in [-0.3, -0.25) is 4.79 Å². The number of rotatable bonds is 2. The van der Waals surface area contributed by atoms with Crippen molar-refractivity contribution in [3.63, 3.8) is 0 Å². The number of hydrogen-bond donors (Lipinski definition) is 2. The molecule has 1 aromatic heterocycles. The van der Waals surface area contributed by atoms with Gasteiger partial charge in [-0.05, 0) is 37.5 Å². The van der Waals surface area contributed by atoms with Gasteiger partial charge in [-0.1, -0.05) is 12.1 Å². The molecule has 2 rings (SSSR count). The Hall–Kier alpha value is -1.77. The van der Waals surface area contributed by atoms with Gasteiger partial charge in [-0.15, -0.1) is 0 Å². The van der Waals surface area contributed by atoms with Crippen LogP contribution in [0, 0.1) is 20.8 Å². The fourth-order valence-electron chi connectivity index (χ4n) is 2.21. The number of H-pyrrole nitrogens is 1. The summed E-state index contributed by atoms with van der Waals surface area (Å²) in [6.07, 6.45) is 0.302.